The molecule has 0 fully saturated rings. The normalized spacial score (nSPS) is 10.8. The smallest absolute Gasteiger partial charge is 0.494 e. The van der Waals surface area contributed by atoms with Gasteiger partial charge in [-0.2, -0.15) is 0 Å². The monoisotopic (exact) mass is 270 g/mol. The topological polar surface area (TPSA) is 9.23 Å². The van der Waals surface area contributed by atoms with Gasteiger partial charge in [-0.1, -0.05) is 31.9 Å². The Balaban J connectivity index is 0.00000256. The maximum absolute atomic E-state index is 12.3. The second-order valence-electron chi connectivity index (χ2n) is 3.70. The van der Waals surface area contributed by atoms with Crippen LogP contribution in [0, 0.1) is 0 Å². The van der Waals surface area contributed by atoms with Gasteiger partial charge in [0.2, 0.25) is 0 Å². The SMILES string of the molecule is CCCCCOc1ccc([B-](F)(F)F)cc1.[K+]. The number of halogens is 3. The van der Waals surface area contributed by atoms with Gasteiger partial charge >= 0.3 is 58.4 Å². The second-order valence-corrected chi connectivity index (χ2v) is 3.70. The molecule has 0 bridgehead atoms. The van der Waals surface area contributed by atoms with E-state index in [9.17, 15) is 12.9 Å². The molecule has 0 spiro atoms. The Bertz CT molecular complexity index is 313. The standard InChI is InChI=1S/C11H15BF3O.K/c1-2-3-4-9-16-11-7-5-10(6-8-11)12(13,14)15;/h5-8H,2-4,9H2,1H3;/q-1;+1. The van der Waals surface area contributed by atoms with E-state index in [1.54, 1.807) is 0 Å². The number of hydrogen-bond acceptors (Lipinski definition) is 1. The van der Waals surface area contributed by atoms with Crippen molar-refractivity contribution in [1.29, 1.82) is 0 Å². The Morgan fingerprint density at radius 1 is 1.06 bits per heavy atom. The number of unbranched alkanes of at least 4 members (excludes halogenated alkanes) is 2. The quantitative estimate of drug-likeness (QED) is 0.534. The van der Waals surface area contributed by atoms with Crippen LogP contribution in [-0.4, -0.2) is 13.6 Å². The first-order valence-electron chi connectivity index (χ1n) is 5.46. The third-order valence-corrected chi connectivity index (χ3v) is 2.27. The Morgan fingerprint density at radius 2 is 1.65 bits per heavy atom. The molecular weight excluding hydrogens is 255 g/mol. The van der Waals surface area contributed by atoms with Crippen LogP contribution in [-0.2, 0) is 0 Å². The molecule has 0 aliphatic heterocycles. The molecule has 90 valence electrons. The first-order valence-corrected chi connectivity index (χ1v) is 5.46. The third-order valence-electron chi connectivity index (χ3n) is 2.27. The maximum Gasteiger partial charge on any atom is 1.00 e. The molecule has 17 heavy (non-hydrogen) atoms. The summed E-state index contributed by atoms with van der Waals surface area (Å²) in [5.41, 5.74) is -0.582. The van der Waals surface area contributed by atoms with Gasteiger partial charge in [-0.3, -0.25) is 0 Å². The van der Waals surface area contributed by atoms with Crippen molar-refractivity contribution in [3.05, 3.63) is 24.3 Å². The molecule has 6 heteroatoms. The molecule has 0 aliphatic rings. The molecule has 0 unspecified atom stereocenters. The summed E-state index contributed by atoms with van der Waals surface area (Å²) >= 11 is 0. The molecule has 1 nitrogen and oxygen atoms in total. The van der Waals surface area contributed by atoms with Crippen molar-refractivity contribution in [2.75, 3.05) is 6.61 Å². The predicted octanol–water partition coefficient (Wildman–Crippen LogP) is 0.314. The van der Waals surface area contributed by atoms with Gasteiger partial charge in [0.1, 0.15) is 5.75 Å². The molecule has 0 amide bonds. The maximum atomic E-state index is 12.3. The van der Waals surface area contributed by atoms with Crippen molar-refractivity contribution in [3.63, 3.8) is 0 Å². The number of ether oxygens (including phenoxy) is 1. The fourth-order valence-electron chi connectivity index (χ4n) is 1.32. The predicted molar refractivity (Wildman–Crippen MR) is 60.2 cm³/mol. The van der Waals surface area contributed by atoms with Crippen molar-refractivity contribution < 1.29 is 69.1 Å². The van der Waals surface area contributed by atoms with Crippen molar-refractivity contribution in [3.8, 4) is 5.75 Å². The third kappa shape index (κ3) is 6.86. The van der Waals surface area contributed by atoms with Crippen molar-refractivity contribution in [2.24, 2.45) is 0 Å². The molecular formula is C11H15BF3KO. The number of hydrogen-bond donors (Lipinski definition) is 0. The molecule has 0 aromatic heterocycles. The van der Waals surface area contributed by atoms with E-state index in [4.69, 9.17) is 4.74 Å². The van der Waals surface area contributed by atoms with E-state index in [2.05, 4.69) is 6.92 Å². The van der Waals surface area contributed by atoms with Crippen molar-refractivity contribution in [1.82, 2.24) is 0 Å². The Kier molecular flexibility index (Phi) is 8.84. The van der Waals surface area contributed by atoms with E-state index < -0.39 is 12.4 Å². The largest absolute Gasteiger partial charge is 1.00 e. The molecule has 0 heterocycles. The van der Waals surface area contributed by atoms with Gasteiger partial charge in [0.15, 0.2) is 0 Å². The average Bonchev–Trinajstić information content (AvgIpc) is 2.24. The first-order chi connectivity index (χ1) is 7.54. The van der Waals surface area contributed by atoms with Gasteiger partial charge in [-0.05, 0) is 18.6 Å². The zero-order valence-corrected chi connectivity index (χ0v) is 13.4. The van der Waals surface area contributed by atoms with Crippen LogP contribution < -0.4 is 61.6 Å². The fraction of sp³-hybridized carbons (Fsp3) is 0.455. The van der Waals surface area contributed by atoms with E-state index in [0.717, 1.165) is 31.4 Å². The Hall–Kier alpha value is 0.511. The summed E-state index contributed by atoms with van der Waals surface area (Å²) in [5, 5.41) is 0. The Morgan fingerprint density at radius 3 is 2.12 bits per heavy atom. The van der Waals surface area contributed by atoms with Gasteiger partial charge < -0.3 is 17.7 Å². The van der Waals surface area contributed by atoms with E-state index in [1.807, 2.05) is 0 Å². The minimum absolute atomic E-state index is 0. The molecule has 1 aromatic carbocycles. The number of rotatable bonds is 6. The van der Waals surface area contributed by atoms with Gasteiger partial charge in [0, 0.05) is 0 Å². The van der Waals surface area contributed by atoms with Crippen LogP contribution in [0.4, 0.5) is 12.9 Å². The van der Waals surface area contributed by atoms with Crippen LogP contribution in [0.3, 0.4) is 0 Å². The summed E-state index contributed by atoms with van der Waals surface area (Å²) in [6.07, 6.45) is 3.10. The molecule has 0 saturated heterocycles. The van der Waals surface area contributed by atoms with Crippen LogP contribution in [0.1, 0.15) is 26.2 Å². The molecule has 0 saturated carbocycles. The van der Waals surface area contributed by atoms with Crippen molar-refractivity contribution >= 4 is 12.4 Å². The molecule has 0 aliphatic carbocycles. The zero-order chi connectivity index (χ0) is 12.0. The molecule has 0 radical (unpaired) electrons. The Labute approximate surface area is 143 Å². The van der Waals surface area contributed by atoms with E-state index in [1.165, 1.54) is 12.1 Å². The van der Waals surface area contributed by atoms with Crippen LogP contribution in [0.25, 0.3) is 0 Å². The summed E-state index contributed by atoms with van der Waals surface area (Å²) in [4.78, 5) is 0. The first kappa shape index (κ1) is 17.5. The van der Waals surface area contributed by atoms with Crippen LogP contribution in [0.15, 0.2) is 24.3 Å². The summed E-state index contributed by atoms with van der Waals surface area (Å²) in [6, 6.07) is 4.87. The molecule has 0 atom stereocenters. The van der Waals surface area contributed by atoms with E-state index in [0.29, 0.717) is 12.4 Å². The van der Waals surface area contributed by atoms with Gasteiger partial charge in [0.25, 0.3) is 0 Å². The number of benzene rings is 1. The summed E-state index contributed by atoms with van der Waals surface area (Å²) < 4.78 is 42.2. The molecule has 1 rings (SSSR count). The van der Waals surface area contributed by atoms with Gasteiger partial charge in [-0.15, -0.1) is 5.46 Å². The van der Waals surface area contributed by atoms with E-state index in [-0.39, 0.29) is 51.4 Å². The second kappa shape index (κ2) is 8.59. The minimum atomic E-state index is -4.90. The van der Waals surface area contributed by atoms with Crippen molar-refractivity contribution in [2.45, 2.75) is 26.2 Å². The molecule has 0 N–H and O–H groups in total. The summed E-state index contributed by atoms with van der Waals surface area (Å²) in [5.74, 6) is 0.500. The minimum Gasteiger partial charge on any atom is -0.494 e. The van der Waals surface area contributed by atoms with E-state index >= 15 is 0 Å². The van der Waals surface area contributed by atoms with Crippen LogP contribution >= 0.6 is 0 Å². The summed E-state index contributed by atoms with van der Waals surface area (Å²) in [7, 11) is 0. The van der Waals surface area contributed by atoms with Gasteiger partial charge in [-0.25, -0.2) is 0 Å². The average molecular weight is 270 g/mol. The van der Waals surface area contributed by atoms with Crippen LogP contribution in [0.2, 0.25) is 0 Å². The molecule has 1 aromatic rings. The summed E-state index contributed by atoms with van der Waals surface area (Å²) in [6.45, 7) is -2.25. The van der Waals surface area contributed by atoms with Crippen LogP contribution in [0.5, 0.6) is 5.75 Å². The van der Waals surface area contributed by atoms with Gasteiger partial charge in [0.05, 0.1) is 6.61 Å². The fourth-order valence-corrected chi connectivity index (χ4v) is 1.32. The zero-order valence-electron chi connectivity index (χ0n) is 10.3.